The molecule has 0 spiro atoms. The lowest BCUT2D eigenvalue weighted by Gasteiger charge is -2.26. The molecule has 36 heavy (non-hydrogen) atoms. The number of amidine groups is 1. The van der Waals surface area contributed by atoms with E-state index in [-0.39, 0.29) is 11.9 Å². The fourth-order valence-electron chi connectivity index (χ4n) is 4.89. The van der Waals surface area contributed by atoms with Crippen molar-refractivity contribution >= 4 is 17.6 Å². The Hall–Kier alpha value is -3.49. The number of nitrogens with zero attached hydrogens (tertiary/aromatic N) is 3. The Labute approximate surface area is 211 Å². The van der Waals surface area contributed by atoms with Gasteiger partial charge in [0, 0.05) is 38.4 Å². The van der Waals surface area contributed by atoms with Crippen molar-refractivity contribution in [1.82, 2.24) is 19.8 Å². The van der Waals surface area contributed by atoms with Gasteiger partial charge >= 0.3 is 0 Å². The van der Waals surface area contributed by atoms with Gasteiger partial charge in [-0.15, -0.1) is 0 Å². The molecular formula is C28H33FN6O. The molecule has 0 aliphatic carbocycles. The Morgan fingerprint density at radius 1 is 1.17 bits per heavy atom. The second-order valence-electron chi connectivity index (χ2n) is 9.27. The molecule has 188 valence electrons. The summed E-state index contributed by atoms with van der Waals surface area (Å²) in [7, 11) is 0. The van der Waals surface area contributed by atoms with Crippen molar-refractivity contribution in [2.24, 2.45) is 0 Å². The van der Waals surface area contributed by atoms with Gasteiger partial charge in [-0.05, 0) is 60.4 Å². The number of benzene rings is 2. The van der Waals surface area contributed by atoms with Crippen molar-refractivity contribution < 1.29 is 9.13 Å². The predicted octanol–water partition coefficient (Wildman–Crippen LogP) is 4.79. The van der Waals surface area contributed by atoms with Gasteiger partial charge in [-0.2, -0.15) is 0 Å². The summed E-state index contributed by atoms with van der Waals surface area (Å²) in [5.74, 6) is 0.873. The molecule has 0 saturated carbocycles. The molecule has 3 heterocycles. The summed E-state index contributed by atoms with van der Waals surface area (Å²) in [5.41, 5.74) is 4.00. The second kappa shape index (κ2) is 11.5. The maximum absolute atomic E-state index is 13.7. The highest BCUT2D eigenvalue weighted by Gasteiger charge is 2.27. The summed E-state index contributed by atoms with van der Waals surface area (Å²) < 4.78 is 19.1. The third-order valence-corrected chi connectivity index (χ3v) is 6.85. The van der Waals surface area contributed by atoms with E-state index in [1.807, 2.05) is 23.2 Å². The molecule has 3 N–H and O–H groups in total. The van der Waals surface area contributed by atoms with Crippen LogP contribution in [0.1, 0.15) is 30.3 Å². The monoisotopic (exact) mass is 488 g/mol. The first-order chi connectivity index (χ1) is 17.7. The number of aromatic amines is 1. The number of anilines is 1. The summed E-state index contributed by atoms with van der Waals surface area (Å²) in [5, 5.41) is 12.1. The van der Waals surface area contributed by atoms with Crippen molar-refractivity contribution in [3.63, 3.8) is 0 Å². The summed E-state index contributed by atoms with van der Waals surface area (Å²) >= 11 is 0. The van der Waals surface area contributed by atoms with E-state index < -0.39 is 0 Å². The second-order valence-corrected chi connectivity index (χ2v) is 9.27. The number of morpholine rings is 1. The van der Waals surface area contributed by atoms with Crippen LogP contribution in [0.3, 0.4) is 0 Å². The topological polar surface area (TPSA) is 80.3 Å². The smallest absolute Gasteiger partial charge is 0.130 e. The molecule has 5 rings (SSSR count). The molecule has 3 aromatic rings. The molecule has 0 bridgehead atoms. The van der Waals surface area contributed by atoms with E-state index in [0.717, 1.165) is 81.3 Å². The molecule has 0 radical (unpaired) electrons. The van der Waals surface area contributed by atoms with Crippen LogP contribution in [0.2, 0.25) is 0 Å². The molecular weight excluding hydrogens is 455 g/mol. The van der Waals surface area contributed by atoms with Gasteiger partial charge in [0.1, 0.15) is 17.5 Å². The molecule has 1 aromatic heterocycles. The SMILES string of the molecule is N=C(/C=C\c1ncc(-c2ccc(NCCN3CCOCC3)cc2)[nH]1)N1CCCC1c1cccc(F)c1. The minimum absolute atomic E-state index is 0.0333. The van der Waals surface area contributed by atoms with Gasteiger partial charge in [-0.25, -0.2) is 9.37 Å². The van der Waals surface area contributed by atoms with Crippen molar-refractivity contribution in [3.8, 4) is 11.3 Å². The van der Waals surface area contributed by atoms with Crippen LogP contribution in [0.25, 0.3) is 17.3 Å². The molecule has 1 atom stereocenters. The quantitative estimate of drug-likeness (QED) is 0.314. The van der Waals surface area contributed by atoms with Crippen molar-refractivity contribution in [3.05, 3.63) is 78.0 Å². The maximum Gasteiger partial charge on any atom is 0.130 e. The number of likely N-dealkylation sites (tertiary alicyclic amines) is 1. The number of ether oxygens (including phenoxy) is 1. The predicted molar refractivity (Wildman–Crippen MR) is 142 cm³/mol. The number of H-pyrrole nitrogens is 1. The highest BCUT2D eigenvalue weighted by molar-refractivity contribution is 5.94. The summed E-state index contributed by atoms with van der Waals surface area (Å²) in [6, 6.07) is 15.1. The summed E-state index contributed by atoms with van der Waals surface area (Å²) in [6.07, 6.45) is 7.31. The number of halogens is 1. The number of hydrogen-bond acceptors (Lipinski definition) is 5. The lowest BCUT2D eigenvalue weighted by molar-refractivity contribution is 0.0398. The number of imidazole rings is 1. The van der Waals surface area contributed by atoms with Gasteiger partial charge in [0.05, 0.1) is 31.1 Å². The van der Waals surface area contributed by atoms with Crippen molar-refractivity contribution in [1.29, 1.82) is 5.41 Å². The average Bonchev–Trinajstić information content (AvgIpc) is 3.59. The number of hydrogen-bond donors (Lipinski definition) is 3. The number of rotatable bonds is 8. The molecule has 2 aliphatic heterocycles. The molecule has 2 fully saturated rings. The van der Waals surface area contributed by atoms with Crippen LogP contribution in [0.15, 0.2) is 60.8 Å². The zero-order chi connectivity index (χ0) is 24.7. The van der Waals surface area contributed by atoms with E-state index in [0.29, 0.717) is 11.7 Å². The van der Waals surface area contributed by atoms with Gasteiger partial charge in [0.2, 0.25) is 0 Å². The highest BCUT2D eigenvalue weighted by atomic mass is 19.1. The lowest BCUT2D eigenvalue weighted by atomic mass is 10.0. The van der Waals surface area contributed by atoms with E-state index in [1.165, 1.54) is 6.07 Å². The fourth-order valence-corrected chi connectivity index (χ4v) is 4.89. The van der Waals surface area contributed by atoms with Crippen LogP contribution < -0.4 is 5.32 Å². The van der Waals surface area contributed by atoms with Gasteiger partial charge in [0.15, 0.2) is 0 Å². The molecule has 0 amide bonds. The zero-order valence-electron chi connectivity index (χ0n) is 20.4. The van der Waals surface area contributed by atoms with Crippen LogP contribution >= 0.6 is 0 Å². The minimum atomic E-state index is -0.235. The minimum Gasteiger partial charge on any atom is -0.384 e. The Bertz CT molecular complexity index is 1180. The third-order valence-electron chi connectivity index (χ3n) is 6.85. The van der Waals surface area contributed by atoms with E-state index in [2.05, 4.69) is 44.5 Å². The van der Waals surface area contributed by atoms with Crippen molar-refractivity contribution in [2.45, 2.75) is 18.9 Å². The van der Waals surface area contributed by atoms with E-state index in [9.17, 15) is 4.39 Å². The van der Waals surface area contributed by atoms with Crippen LogP contribution in [0.5, 0.6) is 0 Å². The van der Waals surface area contributed by atoms with E-state index >= 15 is 0 Å². The first kappa shape index (κ1) is 24.2. The van der Waals surface area contributed by atoms with Crippen LogP contribution in [0, 0.1) is 11.2 Å². The lowest BCUT2D eigenvalue weighted by Crippen LogP contribution is -2.38. The zero-order valence-corrected chi connectivity index (χ0v) is 20.4. The van der Waals surface area contributed by atoms with Gasteiger partial charge in [-0.3, -0.25) is 10.3 Å². The standard InChI is InChI=1S/C28H33FN6O/c29-23-4-1-3-22(19-23)26-5-2-13-35(26)27(30)10-11-28-32-20-25(33-28)21-6-8-24(9-7-21)31-12-14-34-15-17-36-18-16-34/h1,3-4,6-11,19-20,26,30-31H,2,5,12-18H2,(H,32,33)/b11-10-,30-27?. The molecule has 8 heteroatoms. The normalized spacial score (nSPS) is 18.7. The summed E-state index contributed by atoms with van der Waals surface area (Å²) in [6.45, 7) is 6.36. The third kappa shape index (κ3) is 6.01. The largest absolute Gasteiger partial charge is 0.384 e. The Balaban J connectivity index is 1.15. The van der Waals surface area contributed by atoms with Crippen LogP contribution in [-0.2, 0) is 4.74 Å². The molecule has 2 aromatic carbocycles. The molecule has 7 nitrogen and oxygen atoms in total. The van der Waals surface area contributed by atoms with Gasteiger partial charge in [0.25, 0.3) is 0 Å². The molecule has 2 saturated heterocycles. The van der Waals surface area contributed by atoms with E-state index in [1.54, 1.807) is 18.2 Å². The average molecular weight is 489 g/mol. The Morgan fingerprint density at radius 3 is 2.81 bits per heavy atom. The summed E-state index contributed by atoms with van der Waals surface area (Å²) in [4.78, 5) is 12.2. The Kier molecular flexibility index (Phi) is 7.73. The maximum atomic E-state index is 13.7. The van der Waals surface area contributed by atoms with Gasteiger partial charge < -0.3 is 19.9 Å². The van der Waals surface area contributed by atoms with Gasteiger partial charge in [-0.1, -0.05) is 24.3 Å². The first-order valence-corrected chi connectivity index (χ1v) is 12.6. The van der Waals surface area contributed by atoms with E-state index in [4.69, 9.17) is 10.1 Å². The van der Waals surface area contributed by atoms with Crippen LogP contribution in [-0.4, -0.2) is 71.5 Å². The fraction of sp³-hybridized carbons (Fsp3) is 0.357. The first-order valence-electron chi connectivity index (χ1n) is 12.6. The van der Waals surface area contributed by atoms with Crippen molar-refractivity contribution in [2.75, 3.05) is 51.3 Å². The number of nitrogens with one attached hydrogen (secondary N) is 3. The van der Waals surface area contributed by atoms with Crippen LogP contribution in [0.4, 0.5) is 10.1 Å². The number of aromatic nitrogens is 2. The molecule has 2 aliphatic rings. The Morgan fingerprint density at radius 2 is 2.00 bits per heavy atom. The molecule has 1 unspecified atom stereocenters. The highest BCUT2D eigenvalue weighted by Crippen LogP contribution is 2.32.